The van der Waals surface area contributed by atoms with Crippen LogP contribution in [0.5, 0.6) is 5.75 Å². The van der Waals surface area contributed by atoms with Crippen LogP contribution in [0.2, 0.25) is 5.02 Å². The number of nitrogens with one attached hydrogen (secondary N) is 1. The maximum absolute atomic E-state index is 13.5. The van der Waals surface area contributed by atoms with Crippen molar-refractivity contribution in [3.05, 3.63) is 75.2 Å². The van der Waals surface area contributed by atoms with Crippen LogP contribution in [-0.4, -0.2) is 33.2 Å². The number of benzene rings is 2. The molecular formula is C30H39ClN4O4. The molecule has 1 heterocycles. The number of carbonyl (C=O) groups is 2. The van der Waals surface area contributed by atoms with Crippen LogP contribution in [0, 0.1) is 5.41 Å². The minimum absolute atomic E-state index is 0.101. The highest BCUT2D eigenvalue weighted by atomic mass is 35.5. The number of rotatable bonds is 12. The van der Waals surface area contributed by atoms with Crippen LogP contribution in [0.3, 0.4) is 0 Å². The predicted octanol–water partition coefficient (Wildman–Crippen LogP) is 5.53. The van der Waals surface area contributed by atoms with Crippen LogP contribution in [0.15, 0.2) is 53.3 Å². The van der Waals surface area contributed by atoms with E-state index in [0.29, 0.717) is 47.2 Å². The normalized spacial score (nSPS) is 11.9. The van der Waals surface area contributed by atoms with Gasteiger partial charge >= 0.3 is 0 Å². The van der Waals surface area contributed by atoms with E-state index in [1.165, 1.54) is 4.68 Å². The Hall–Kier alpha value is -3.36. The average Bonchev–Trinajstić information content (AvgIpc) is 3.06. The number of ether oxygens (including phenoxy) is 1. The van der Waals surface area contributed by atoms with Gasteiger partial charge in [-0.2, -0.15) is 0 Å². The summed E-state index contributed by atoms with van der Waals surface area (Å²) in [6, 6.07) is 14.2. The SMILES string of the molecule is CCOc1ccc(Cl)cc1C(=O)CCC(C)(C)CC(=O)Nc1c(CC(C)(C)N)n(C)n(-c2ccccc2)c1=O. The molecule has 2 aromatic carbocycles. The first-order valence-electron chi connectivity index (χ1n) is 13.1. The second-order valence-corrected chi connectivity index (χ2v) is 11.8. The fraction of sp³-hybridized carbons (Fsp3) is 0.433. The highest BCUT2D eigenvalue weighted by molar-refractivity contribution is 6.31. The molecule has 0 saturated heterocycles. The third kappa shape index (κ3) is 7.83. The van der Waals surface area contributed by atoms with Crippen LogP contribution in [0.25, 0.3) is 5.69 Å². The van der Waals surface area contributed by atoms with Gasteiger partial charge in [0.1, 0.15) is 11.4 Å². The minimum Gasteiger partial charge on any atom is -0.493 e. The summed E-state index contributed by atoms with van der Waals surface area (Å²) in [5.74, 6) is 0.0940. The molecule has 1 amide bonds. The van der Waals surface area contributed by atoms with Crippen LogP contribution in [0.1, 0.15) is 69.9 Å². The summed E-state index contributed by atoms with van der Waals surface area (Å²) < 4.78 is 8.86. The van der Waals surface area contributed by atoms with E-state index in [2.05, 4.69) is 5.32 Å². The fourth-order valence-electron chi connectivity index (χ4n) is 4.56. The molecule has 0 bridgehead atoms. The number of amides is 1. The smallest absolute Gasteiger partial charge is 0.295 e. The lowest BCUT2D eigenvalue weighted by Gasteiger charge is -2.24. The van der Waals surface area contributed by atoms with Gasteiger partial charge in [0.15, 0.2) is 5.78 Å². The second-order valence-electron chi connectivity index (χ2n) is 11.3. The molecule has 3 rings (SSSR count). The van der Waals surface area contributed by atoms with Gasteiger partial charge < -0.3 is 15.8 Å². The number of halogens is 1. The molecule has 0 fully saturated rings. The molecule has 0 aliphatic rings. The molecule has 0 atom stereocenters. The molecule has 0 saturated carbocycles. The Balaban J connectivity index is 1.78. The molecule has 39 heavy (non-hydrogen) atoms. The first kappa shape index (κ1) is 30.2. The number of ketones is 1. The summed E-state index contributed by atoms with van der Waals surface area (Å²) in [5.41, 5.74) is 6.85. The third-order valence-corrected chi connectivity index (χ3v) is 6.72. The summed E-state index contributed by atoms with van der Waals surface area (Å²) in [5, 5.41) is 3.33. The number of nitrogens with zero attached hydrogens (tertiary/aromatic N) is 2. The van der Waals surface area contributed by atoms with Crippen LogP contribution in [-0.2, 0) is 18.3 Å². The Labute approximate surface area is 235 Å². The van der Waals surface area contributed by atoms with Crippen LogP contribution < -0.4 is 21.3 Å². The van der Waals surface area contributed by atoms with E-state index in [1.807, 2.05) is 65.0 Å². The monoisotopic (exact) mass is 554 g/mol. The zero-order valence-electron chi connectivity index (χ0n) is 23.6. The zero-order chi connectivity index (χ0) is 29.0. The van der Waals surface area contributed by atoms with E-state index in [4.69, 9.17) is 22.1 Å². The number of aromatic nitrogens is 2. The molecule has 1 aromatic heterocycles. The number of nitrogens with two attached hydrogens (primary N) is 1. The molecule has 0 aliphatic heterocycles. The van der Waals surface area contributed by atoms with Gasteiger partial charge in [0, 0.05) is 36.9 Å². The topological polar surface area (TPSA) is 108 Å². The minimum atomic E-state index is -0.604. The van der Waals surface area contributed by atoms with Crippen LogP contribution >= 0.6 is 11.6 Å². The van der Waals surface area contributed by atoms with Gasteiger partial charge in [-0.25, -0.2) is 4.68 Å². The predicted molar refractivity (Wildman–Crippen MR) is 156 cm³/mol. The van der Waals surface area contributed by atoms with E-state index in [1.54, 1.807) is 29.9 Å². The van der Waals surface area contributed by atoms with Gasteiger partial charge in [0.05, 0.1) is 23.6 Å². The lowest BCUT2D eigenvalue weighted by molar-refractivity contribution is -0.118. The molecule has 8 nitrogen and oxygen atoms in total. The summed E-state index contributed by atoms with van der Waals surface area (Å²) >= 11 is 6.12. The van der Waals surface area contributed by atoms with Gasteiger partial charge in [0.2, 0.25) is 5.91 Å². The van der Waals surface area contributed by atoms with Gasteiger partial charge in [-0.1, -0.05) is 43.6 Å². The Morgan fingerprint density at radius 3 is 2.36 bits per heavy atom. The average molecular weight is 555 g/mol. The fourth-order valence-corrected chi connectivity index (χ4v) is 4.73. The Morgan fingerprint density at radius 2 is 1.74 bits per heavy atom. The number of hydrogen-bond acceptors (Lipinski definition) is 5. The number of para-hydroxylation sites is 1. The Kier molecular flexibility index (Phi) is 9.46. The number of carbonyl (C=O) groups excluding carboxylic acids is 2. The molecule has 210 valence electrons. The molecule has 3 N–H and O–H groups in total. The highest BCUT2D eigenvalue weighted by Crippen LogP contribution is 2.31. The van der Waals surface area contributed by atoms with Gasteiger partial charge in [0.25, 0.3) is 5.56 Å². The third-order valence-electron chi connectivity index (χ3n) is 6.48. The van der Waals surface area contributed by atoms with Crippen LogP contribution in [0.4, 0.5) is 5.69 Å². The first-order valence-corrected chi connectivity index (χ1v) is 13.5. The molecule has 0 aliphatic carbocycles. The Bertz CT molecular complexity index is 1380. The van der Waals surface area contributed by atoms with Crippen molar-refractivity contribution in [3.63, 3.8) is 0 Å². The number of hydrogen-bond donors (Lipinski definition) is 2. The molecule has 0 unspecified atom stereocenters. The number of Topliss-reactive ketones (excluding diaryl/α,β-unsaturated/α-hetero) is 1. The van der Waals surface area contributed by atoms with Crippen molar-refractivity contribution in [1.29, 1.82) is 0 Å². The van der Waals surface area contributed by atoms with Crippen molar-refractivity contribution in [3.8, 4) is 11.4 Å². The van der Waals surface area contributed by atoms with Gasteiger partial charge in [-0.15, -0.1) is 0 Å². The summed E-state index contributed by atoms with van der Waals surface area (Å²) in [4.78, 5) is 39.7. The first-order chi connectivity index (χ1) is 18.2. The van der Waals surface area contributed by atoms with Crippen molar-refractivity contribution in [1.82, 2.24) is 9.36 Å². The van der Waals surface area contributed by atoms with Crippen molar-refractivity contribution >= 4 is 29.0 Å². The molecule has 3 aromatic rings. The quantitative estimate of drug-likeness (QED) is 0.286. The maximum atomic E-state index is 13.5. The van der Waals surface area contributed by atoms with Crippen molar-refractivity contribution in [2.75, 3.05) is 11.9 Å². The largest absolute Gasteiger partial charge is 0.493 e. The summed E-state index contributed by atoms with van der Waals surface area (Å²) in [7, 11) is 1.78. The van der Waals surface area contributed by atoms with E-state index in [-0.39, 0.29) is 35.8 Å². The van der Waals surface area contributed by atoms with E-state index in [9.17, 15) is 14.4 Å². The molecule has 9 heteroatoms. The van der Waals surface area contributed by atoms with Gasteiger partial charge in [-0.05, 0) is 62.9 Å². The second kappa shape index (κ2) is 12.2. The van der Waals surface area contributed by atoms with E-state index in [0.717, 1.165) is 0 Å². The standard InChI is InChI=1S/C30H39ClN4O4/c1-7-39-25-14-13-20(31)17-22(25)24(36)15-16-29(2,3)19-26(37)33-27-23(18-30(4,5)32)34(6)35(28(27)38)21-11-9-8-10-12-21/h8-14,17H,7,15-16,18-19,32H2,1-6H3,(H,33,37). The van der Waals surface area contributed by atoms with Crippen molar-refractivity contribution in [2.45, 2.75) is 65.8 Å². The number of anilines is 1. The van der Waals surface area contributed by atoms with Crippen molar-refractivity contribution < 1.29 is 14.3 Å². The van der Waals surface area contributed by atoms with Crippen molar-refractivity contribution in [2.24, 2.45) is 18.2 Å². The van der Waals surface area contributed by atoms with E-state index >= 15 is 0 Å². The van der Waals surface area contributed by atoms with E-state index < -0.39 is 11.0 Å². The van der Waals surface area contributed by atoms with Gasteiger partial charge in [-0.3, -0.25) is 19.1 Å². The zero-order valence-corrected chi connectivity index (χ0v) is 24.4. The lowest BCUT2D eigenvalue weighted by atomic mass is 9.82. The molecular weight excluding hydrogens is 516 g/mol. The summed E-state index contributed by atoms with van der Waals surface area (Å²) in [6.07, 6.45) is 1.19. The lowest BCUT2D eigenvalue weighted by Crippen LogP contribution is -2.36. The highest BCUT2D eigenvalue weighted by Gasteiger charge is 2.28. The summed E-state index contributed by atoms with van der Waals surface area (Å²) in [6.45, 7) is 9.89. The maximum Gasteiger partial charge on any atom is 0.295 e. The molecule has 0 spiro atoms. The molecule has 0 radical (unpaired) electrons. The Morgan fingerprint density at radius 1 is 1.08 bits per heavy atom.